The molecular weight excluding hydrogens is 212 g/mol. The number of carbonyl (C=O) groups excluding carboxylic acids is 3. The highest BCUT2D eigenvalue weighted by molar-refractivity contribution is 6.05. The normalized spacial score (nSPS) is 15.9. The number of urea groups is 1. The molecule has 2 heterocycles. The van der Waals surface area contributed by atoms with Crippen LogP contribution >= 0.6 is 0 Å². The number of amides is 3. The minimum Gasteiger partial charge on any atom is -0.294 e. The first-order chi connectivity index (χ1) is 7.70. The van der Waals surface area contributed by atoms with Crippen LogP contribution in [0.2, 0.25) is 0 Å². The Bertz CT molecular complexity index is 460. The largest absolute Gasteiger partial charge is 0.329 e. The fourth-order valence-electron chi connectivity index (χ4n) is 1.35. The summed E-state index contributed by atoms with van der Waals surface area (Å²) in [5.74, 6) is -0.00443. The van der Waals surface area contributed by atoms with E-state index in [1.165, 1.54) is 17.2 Å². The molecule has 3 amide bonds. The van der Waals surface area contributed by atoms with Crippen LogP contribution in [-0.2, 0) is 4.79 Å². The van der Waals surface area contributed by atoms with E-state index in [2.05, 4.69) is 15.3 Å². The molecule has 1 N–H and O–H groups in total. The number of nitrogens with one attached hydrogen (secondary N) is 1. The Kier molecular flexibility index (Phi) is 2.59. The first-order valence-electron chi connectivity index (χ1n) is 4.60. The minimum atomic E-state index is -0.535. The summed E-state index contributed by atoms with van der Waals surface area (Å²) in [5.41, 5.74) is 0. The van der Waals surface area contributed by atoms with E-state index in [-0.39, 0.29) is 24.7 Å². The molecule has 0 atom stereocenters. The summed E-state index contributed by atoms with van der Waals surface area (Å²) in [6.45, 7) is 0.250. The fraction of sp³-hybridized carbons (Fsp3) is 0.222. The van der Waals surface area contributed by atoms with Crippen LogP contribution in [0.25, 0.3) is 0 Å². The lowest BCUT2D eigenvalue weighted by molar-refractivity contribution is -0.120. The maximum Gasteiger partial charge on any atom is 0.329 e. The quantitative estimate of drug-likeness (QED) is 0.693. The first kappa shape index (κ1) is 10.2. The third-order valence-electron chi connectivity index (χ3n) is 2.10. The van der Waals surface area contributed by atoms with E-state index in [0.717, 1.165) is 0 Å². The Balaban J connectivity index is 2.26. The van der Waals surface area contributed by atoms with Crippen molar-refractivity contribution in [2.24, 2.45) is 0 Å². The smallest absolute Gasteiger partial charge is 0.294 e. The molecule has 0 unspecified atom stereocenters. The van der Waals surface area contributed by atoms with Gasteiger partial charge < -0.3 is 0 Å². The van der Waals surface area contributed by atoms with E-state index in [0.29, 0.717) is 12.1 Å². The van der Waals surface area contributed by atoms with Crippen LogP contribution in [-0.4, -0.2) is 34.7 Å². The van der Waals surface area contributed by atoms with Gasteiger partial charge in [-0.1, -0.05) is 0 Å². The maximum absolute atomic E-state index is 11.5. The summed E-state index contributed by atoms with van der Waals surface area (Å²) in [6, 6.07) is 0.967. The van der Waals surface area contributed by atoms with Crippen LogP contribution in [0.5, 0.6) is 0 Å². The third kappa shape index (κ3) is 1.88. The Morgan fingerprint density at radius 1 is 1.44 bits per heavy atom. The van der Waals surface area contributed by atoms with Crippen molar-refractivity contribution in [2.45, 2.75) is 6.42 Å². The van der Waals surface area contributed by atoms with Gasteiger partial charge >= 0.3 is 6.03 Å². The molecule has 0 spiro atoms. The SMILES string of the molecule is O=Cc1nccc(N2CCC(=O)NC2=O)n1. The second-order valence-corrected chi connectivity index (χ2v) is 3.15. The highest BCUT2D eigenvalue weighted by Gasteiger charge is 2.25. The summed E-state index contributed by atoms with van der Waals surface area (Å²) < 4.78 is 0. The molecule has 1 aliphatic heterocycles. The highest BCUT2D eigenvalue weighted by Crippen LogP contribution is 2.12. The van der Waals surface area contributed by atoms with E-state index >= 15 is 0 Å². The van der Waals surface area contributed by atoms with Crippen molar-refractivity contribution in [3.8, 4) is 0 Å². The van der Waals surface area contributed by atoms with E-state index in [4.69, 9.17) is 0 Å². The number of aromatic nitrogens is 2. The molecule has 0 bridgehead atoms. The molecular formula is C9H8N4O3. The number of anilines is 1. The topological polar surface area (TPSA) is 92.3 Å². The summed E-state index contributed by atoms with van der Waals surface area (Å²) in [4.78, 5) is 41.7. The zero-order chi connectivity index (χ0) is 11.5. The van der Waals surface area contributed by atoms with Crippen molar-refractivity contribution in [1.29, 1.82) is 0 Å². The van der Waals surface area contributed by atoms with Crippen LogP contribution in [0.3, 0.4) is 0 Å². The third-order valence-corrected chi connectivity index (χ3v) is 2.10. The van der Waals surface area contributed by atoms with Crippen LogP contribution in [0, 0.1) is 0 Å². The van der Waals surface area contributed by atoms with Crippen LogP contribution in [0.1, 0.15) is 17.0 Å². The van der Waals surface area contributed by atoms with E-state index in [9.17, 15) is 14.4 Å². The molecule has 2 rings (SSSR count). The molecule has 1 saturated heterocycles. The molecule has 0 aromatic carbocycles. The number of hydrogen-bond donors (Lipinski definition) is 1. The zero-order valence-electron chi connectivity index (χ0n) is 8.21. The second-order valence-electron chi connectivity index (χ2n) is 3.15. The molecule has 1 aliphatic rings. The monoisotopic (exact) mass is 220 g/mol. The van der Waals surface area contributed by atoms with Gasteiger partial charge in [-0.05, 0) is 6.07 Å². The Morgan fingerprint density at radius 2 is 2.25 bits per heavy atom. The summed E-state index contributed by atoms with van der Waals surface area (Å²) in [7, 11) is 0. The standard InChI is InChI=1S/C9H8N4O3/c14-5-6-10-3-1-7(11-6)13-4-2-8(15)12-9(13)16/h1,3,5H,2,4H2,(H,12,15,16). The van der Waals surface area contributed by atoms with Gasteiger partial charge in [-0.25, -0.2) is 14.8 Å². The Morgan fingerprint density at radius 3 is 2.94 bits per heavy atom. The molecule has 0 saturated carbocycles. The lowest BCUT2D eigenvalue weighted by Crippen LogP contribution is -2.50. The van der Waals surface area contributed by atoms with Crippen molar-refractivity contribution < 1.29 is 14.4 Å². The molecule has 82 valence electrons. The van der Waals surface area contributed by atoms with E-state index in [1.807, 2.05) is 0 Å². The van der Waals surface area contributed by atoms with Gasteiger partial charge in [0, 0.05) is 19.2 Å². The fourth-order valence-corrected chi connectivity index (χ4v) is 1.35. The van der Waals surface area contributed by atoms with Gasteiger partial charge in [-0.3, -0.25) is 19.8 Å². The minimum absolute atomic E-state index is 0.00204. The van der Waals surface area contributed by atoms with Gasteiger partial charge in [0.1, 0.15) is 5.82 Å². The maximum atomic E-state index is 11.5. The Labute approximate surface area is 90.5 Å². The second kappa shape index (κ2) is 4.05. The lowest BCUT2D eigenvalue weighted by Gasteiger charge is -2.25. The molecule has 1 aromatic heterocycles. The van der Waals surface area contributed by atoms with Crippen molar-refractivity contribution >= 4 is 24.0 Å². The number of aldehydes is 1. The predicted octanol–water partition coefficient (Wildman–Crippen LogP) is -0.265. The van der Waals surface area contributed by atoms with Gasteiger partial charge in [0.05, 0.1) is 0 Å². The van der Waals surface area contributed by atoms with Gasteiger partial charge in [-0.15, -0.1) is 0 Å². The van der Waals surface area contributed by atoms with Crippen LogP contribution in [0.4, 0.5) is 10.6 Å². The summed E-state index contributed by atoms with van der Waals surface area (Å²) >= 11 is 0. The van der Waals surface area contributed by atoms with Crippen LogP contribution < -0.4 is 10.2 Å². The van der Waals surface area contributed by atoms with Crippen molar-refractivity contribution in [2.75, 3.05) is 11.4 Å². The molecule has 0 aliphatic carbocycles. The molecule has 1 fully saturated rings. The number of carbonyl (C=O) groups is 3. The Hall–Kier alpha value is -2.31. The molecule has 0 radical (unpaired) electrons. The molecule has 7 heteroatoms. The predicted molar refractivity (Wildman–Crippen MR) is 52.9 cm³/mol. The van der Waals surface area contributed by atoms with E-state index in [1.54, 1.807) is 0 Å². The average molecular weight is 220 g/mol. The number of rotatable bonds is 2. The van der Waals surface area contributed by atoms with E-state index < -0.39 is 6.03 Å². The number of hydrogen-bond acceptors (Lipinski definition) is 5. The zero-order valence-corrected chi connectivity index (χ0v) is 8.21. The van der Waals surface area contributed by atoms with Crippen molar-refractivity contribution in [3.05, 3.63) is 18.1 Å². The van der Waals surface area contributed by atoms with Gasteiger partial charge in [0.25, 0.3) is 0 Å². The van der Waals surface area contributed by atoms with Gasteiger partial charge in [-0.2, -0.15) is 0 Å². The lowest BCUT2D eigenvalue weighted by atomic mass is 10.3. The van der Waals surface area contributed by atoms with Crippen molar-refractivity contribution in [1.82, 2.24) is 15.3 Å². The summed E-state index contributed by atoms with van der Waals surface area (Å²) in [6.07, 6.45) is 2.10. The molecule has 16 heavy (non-hydrogen) atoms. The van der Waals surface area contributed by atoms with Crippen molar-refractivity contribution in [3.63, 3.8) is 0 Å². The highest BCUT2D eigenvalue weighted by atomic mass is 16.2. The number of nitrogens with zero attached hydrogens (tertiary/aromatic N) is 3. The first-order valence-corrected chi connectivity index (χ1v) is 4.60. The molecule has 7 nitrogen and oxygen atoms in total. The number of imide groups is 1. The van der Waals surface area contributed by atoms with Gasteiger partial charge in [0.2, 0.25) is 5.91 Å². The average Bonchev–Trinajstić information content (AvgIpc) is 2.29. The van der Waals surface area contributed by atoms with Gasteiger partial charge in [0.15, 0.2) is 12.1 Å². The molecule has 1 aromatic rings. The summed E-state index contributed by atoms with van der Waals surface area (Å²) in [5, 5.41) is 2.16. The van der Waals surface area contributed by atoms with Crippen LogP contribution in [0.15, 0.2) is 12.3 Å².